The molecule has 0 radical (unpaired) electrons. The van der Waals surface area contributed by atoms with E-state index in [1.54, 1.807) is 0 Å². The molecular weight excluding hydrogens is 283 g/mol. The van der Waals surface area contributed by atoms with Gasteiger partial charge >= 0.3 is 0 Å². The minimum absolute atomic E-state index is 0.596. The first-order valence-corrected chi connectivity index (χ1v) is 5.67. The molecule has 0 aliphatic rings. The van der Waals surface area contributed by atoms with Crippen LogP contribution in [0.1, 0.15) is 0 Å². The van der Waals surface area contributed by atoms with Crippen LogP contribution in [0.4, 0.5) is 5.69 Å². The van der Waals surface area contributed by atoms with E-state index in [2.05, 4.69) is 27.6 Å². The maximum Gasteiger partial charge on any atom is 0.158 e. The van der Waals surface area contributed by atoms with Gasteiger partial charge in [0.2, 0.25) is 0 Å². The molecule has 2 nitrogen and oxygen atoms in total. The number of amidine groups is 1. The number of nitrogens with zero attached hydrogens (tertiary/aromatic N) is 1. The maximum atomic E-state index is 5.58. The van der Waals surface area contributed by atoms with Gasteiger partial charge in [-0.3, -0.25) is 0 Å². The summed E-state index contributed by atoms with van der Waals surface area (Å²) < 4.78 is 1.12. The largest absolute Gasteiger partial charge is 0.378 e. The van der Waals surface area contributed by atoms with E-state index < -0.39 is 0 Å². The Labute approximate surface area is 89.8 Å². The van der Waals surface area contributed by atoms with Crippen LogP contribution in [-0.2, 0) is 0 Å². The van der Waals surface area contributed by atoms with Crippen LogP contribution in [0.15, 0.2) is 29.3 Å². The second-order valence-corrected chi connectivity index (χ2v) is 4.09. The fraction of sp³-hybridized carbons (Fsp3) is 0.125. The molecule has 0 aliphatic carbocycles. The normalized spacial score (nSPS) is 11.7. The van der Waals surface area contributed by atoms with Crippen LogP contribution in [0.5, 0.6) is 0 Å². The van der Waals surface area contributed by atoms with Crippen molar-refractivity contribution in [1.29, 1.82) is 0 Å². The summed E-state index contributed by atoms with van der Waals surface area (Å²) in [6.45, 7) is 0. The van der Waals surface area contributed by atoms with E-state index >= 15 is 0 Å². The van der Waals surface area contributed by atoms with E-state index in [1.807, 2.05) is 30.5 Å². The zero-order valence-electron chi connectivity index (χ0n) is 6.62. The topological polar surface area (TPSA) is 38.4 Å². The highest BCUT2D eigenvalue weighted by Crippen LogP contribution is 2.20. The SMILES string of the molecule is CSC(N)=Nc1ccccc1I. The van der Waals surface area contributed by atoms with Crippen molar-refractivity contribution in [3.05, 3.63) is 27.8 Å². The summed E-state index contributed by atoms with van der Waals surface area (Å²) in [5.74, 6) is 0. The van der Waals surface area contributed by atoms with Crippen LogP contribution < -0.4 is 5.73 Å². The first kappa shape index (κ1) is 9.85. The average molecular weight is 292 g/mol. The third-order valence-electron chi connectivity index (χ3n) is 1.29. The van der Waals surface area contributed by atoms with Crippen LogP contribution >= 0.6 is 34.4 Å². The van der Waals surface area contributed by atoms with Crippen LogP contribution in [0.3, 0.4) is 0 Å². The molecule has 0 aromatic heterocycles. The van der Waals surface area contributed by atoms with Crippen molar-refractivity contribution in [3.63, 3.8) is 0 Å². The monoisotopic (exact) mass is 292 g/mol. The summed E-state index contributed by atoms with van der Waals surface area (Å²) >= 11 is 3.69. The molecule has 1 aromatic carbocycles. The van der Waals surface area contributed by atoms with Gasteiger partial charge < -0.3 is 5.73 Å². The second kappa shape index (κ2) is 4.71. The molecule has 4 heteroatoms. The Morgan fingerprint density at radius 3 is 2.75 bits per heavy atom. The number of thioether (sulfide) groups is 1. The number of hydrogen-bond acceptors (Lipinski definition) is 2. The Kier molecular flexibility index (Phi) is 3.87. The second-order valence-electron chi connectivity index (χ2n) is 2.11. The average Bonchev–Trinajstić information content (AvgIpc) is 2.09. The Morgan fingerprint density at radius 2 is 2.17 bits per heavy atom. The summed E-state index contributed by atoms with van der Waals surface area (Å²) in [7, 11) is 0. The van der Waals surface area contributed by atoms with Crippen molar-refractivity contribution in [2.24, 2.45) is 10.7 Å². The molecule has 2 N–H and O–H groups in total. The Bertz CT molecular complexity index is 299. The maximum absolute atomic E-state index is 5.58. The number of halogens is 1. The van der Waals surface area contributed by atoms with E-state index in [4.69, 9.17) is 5.73 Å². The van der Waals surface area contributed by atoms with Crippen LogP contribution in [0.25, 0.3) is 0 Å². The predicted octanol–water partition coefficient (Wildman–Crippen LogP) is 2.60. The summed E-state index contributed by atoms with van der Waals surface area (Å²) in [6.07, 6.45) is 1.91. The van der Waals surface area contributed by atoms with Crippen molar-refractivity contribution in [1.82, 2.24) is 0 Å². The van der Waals surface area contributed by atoms with Crippen LogP contribution in [0.2, 0.25) is 0 Å². The molecular formula is C8H9IN2S. The van der Waals surface area contributed by atoms with E-state index in [0.29, 0.717) is 5.17 Å². The smallest absolute Gasteiger partial charge is 0.158 e. The Hall–Kier alpha value is -0.230. The summed E-state index contributed by atoms with van der Waals surface area (Å²) in [4.78, 5) is 4.23. The minimum atomic E-state index is 0.596. The minimum Gasteiger partial charge on any atom is -0.378 e. The summed E-state index contributed by atoms with van der Waals surface area (Å²) in [6, 6.07) is 7.89. The van der Waals surface area contributed by atoms with Crippen LogP contribution in [-0.4, -0.2) is 11.4 Å². The zero-order chi connectivity index (χ0) is 8.97. The fourth-order valence-electron chi connectivity index (χ4n) is 0.707. The molecule has 0 saturated heterocycles. The number of benzene rings is 1. The highest BCUT2D eigenvalue weighted by atomic mass is 127. The summed E-state index contributed by atoms with van der Waals surface area (Å²) in [5.41, 5.74) is 6.52. The third kappa shape index (κ3) is 2.67. The van der Waals surface area contributed by atoms with Gasteiger partial charge in [-0.25, -0.2) is 4.99 Å². The molecule has 1 aromatic rings. The lowest BCUT2D eigenvalue weighted by Gasteiger charge is -1.98. The number of nitrogens with two attached hydrogens (primary N) is 1. The first-order valence-electron chi connectivity index (χ1n) is 3.36. The highest BCUT2D eigenvalue weighted by Gasteiger charge is 1.95. The fourth-order valence-corrected chi connectivity index (χ4v) is 1.40. The molecule has 0 heterocycles. The van der Waals surface area contributed by atoms with E-state index in [9.17, 15) is 0 Å². The standard InChI is InChI=1S/C8H9IN2S/c1-12-8(10)11-7-5-3-2-4-6(7)9/h2-5H,1H3,(H2,10,11). The van der Waals surface area contributed by atoms with E-state index in [0.717, 1.165) is 9.26 Å². The lowest BCUT2D eigenvalue weighted by atomic mass is 10.3. The molecule has 0 amide bonds. The van der Waals surface area contributed by atoms with Crippen LogP contribution in [0, 0.1) is 3.57 Å². The Balaban J connectivity index is 2.96. The van der Waals surface area contributed by atoms with Crippen molar-refractivity contribution in [3.8, 4) is 0 Å². The number of para-hydroxylation sites is 1. The predicted molar refractivity (Wildman–Crippen MR) is 64.0 cm³/mol. The molecule has 0 unspecified atom stereocenters. The lowest BCUT2D eigenvalue weighted by Crippen LogP contribution is -2.04. The van der Waals surface area contributed by atoms with Crippen molar-refractivity contribution < 1.29 is 0 Å². The quantitative estimate of drug-likeness (QED) is 0.491. The van der Waals surface area contributed by atoms with Crippen molar-refractivity contribution >= 4 is 45.2 Å². The Morgan fingerprint density at radius 1 is 1.50 bits per heavy atom. The molecule has 0 fully saturated rings. The lowest BCUT2D eigenvalue weighted by molar-refractivity contribution is 1.48. The number of rotatable bonds is 1. The number of hydrogen-bond donors (Lipinski definition) is 1. The molecule has 0 spiro atoms. The molecule has 0 saturated carbocycles. The van der Waals surface area contributed by atoms with E-state index in [-0.39, 0.29) is 0 Å². The van der Waals surface area contributed by atoms with Crippen molar-refractivity contribution in [2.45, 2.75) is 0 Å². The van der Waals surface area contributed by atoms with Gasteiger partial charge in [-0.15, -0.1) is 0 Å². The number of aliphatic imine (C=N–C) groups is 1. The van der Waals surface area contributed by atoms with Gasteiger partial charge in [-0.1, -0.05) is 23.9 Å². The van der Waals surface area contributed by atoms with E-state index in [1.165, 1.54) is 11.8 Å². The highest BCUT2D eigenvalue weighted by molar-refractivity contribution is 14.1. The van der Waals surface area contributed by atoms with Gasteiger partial charge in [0.15, 0.2) is 5.17 Å². The molecule has 64 valence electrons. The molecule has 12 heavy (non-hydrogen) atoms. The summed E-state index contributed by atoms with van der Waals surface area (Å²) in [5, 5.41) is 0.596. The van der Waals surface area contributed by atoms with Crippen molar-refractivity contribution in [2.75, 3.05) is 6.26 Å². The molecule has 0 aliphatic heterocycles. The van der Waals surface area contributed by atoms with Gasteiger partial charge in [-0.05, 0) is 41.0 Å². The molecule has 0 atom stereocenters. The first-order chi connectivity index (χ1) is 5.74. The van der Waals surface area contributed by atoms with Gasteiger partial charge in [0, 0.05) is 3.57 Å². The van der Waals surface area contributed by atoms with Gasteiger partial charge in [0.05, 0.1) is 5.69 Å². The van der Waals surface area contributed by atoms with Gasteiger partial charge in [0.1, 0.15) is 0 Å². The zero-order valence-corrected chi connectivity index (χ0v) is 9.59. The molecule has 1 rings (SSSR count). The molecule has 0 bridgehead atoms. The van der Waals surface area contributed by atoms with Gasteiger partial charge in [0.25, 0.3) is 0 Å². The third-order valence-corrected chi connectivity index (χ3v) is 2.71. The van der Waals surface area contributed by atoms with Gasteiger partial charge in [-0.2, -0.15) is 0 Å².